The molecule has 1 aromatic heterocycles. The van der Waals surface area contributed by atoms with Gasteiger partial charge in [-0.3, -0.25) is 10.2 Å². The van der Waals surface area contributed by atoms with Crippen molar-refractivity contribution in [3.05, 3.63) is 59.1 Å². The number of rotatable bonds is 8. The second-order valence-corrected chi connectivity index (χ2v) is 7.96. The molecular formula is C17H18ClN7OS2. The number of nitrogens with zero attached hydrogens (tertiary/aromatic N) is 3. The molecule has 0 aliphatic rings. The molecule has 0 fully saturated rings. The lowest BCUT2D eigenvalue weighted by Crippen LogP contribution is -2.19. The van der Waals surface area contributed by atoms with Gasteiger partial charge >= 0.3 is 0 Å². The molecule has 2 aromatic carbocycles. The van der Waals surface area contributed by atoms with Crippen LogP contribution >= 0.6 is 35.1 Å². The Kier molecular flexibility index (Phi) is 7.04. The summed E-state index contributed by atoms with van der Waals surface area (Å²) in [5.74, 6) is 12.0. The van der Waals surface area contributed by atoms with Crippen LogP contribution in [0, 0.1) is 0 Å². The molecule has 0 bridgehead atoms. The lowest BCUT2D eigenvalue weighted by molar-refractivity contribution is -0.113. The van der Waals surface area contributed by atoms with Gasteiger partial charge in [0, 0.05) is 15.7 Å². The number of benzene rings is 2. The predicted molar refractivity (Wildman–Crippen MR) is 115 cm³/mol. The van der Waals surface area contributed by atoms with Crippen molar-refractivity contribution in [3.8, 4) is 0 Å². The van der Waals surface area contributed by atoms with E-state index in [4.69, 9.17) is 23.3 Å². The molecule has 0 aliphatic heterocycles. The van der Waals surface area contributed by atoms with Gasteiger partial charge in [0.25, 0.3) is 5.95 Å². The van der Waals surface area contributed by atoms with E-state index >= 15 is 0 Å². The maximum Gasteiger partial charge on any atom is 0.258 e. The van der Waals surface area contributed by atoms with Crippen LogP contribution in [0.1, 0.15) is 5.56 Å². The number of aromatic nitrogens is 3. The third-order valence-electron chi connectivity index (χ3n) is 3.59. The fourth-order valence-electron chi connectivity index (χ4n) is 2.23. The fraction of sp³-hybridized carbons (Fsp3) is 0.118. The highest BCUT2D eigenvalue weighted by Gasteiger charge is 2.13. The third kappa shape index (κ3) is 5.32. The van der Waals surface area contributed by atoms with Crippen LogP contribution in [-0.2, 0) is 10.5 Å². The van der Waals surface area contributed by atoms with Crippen molar-refractivity contribution in [2.75, 3.05) is 22.3 Å². The van der Waals surface area contributed by atoms with Crippen LogP contribution in [0.4, 0.5) is 11.6 Å². The normalized spacial score (nSPS) is 10.6. The van der Waals surface area contributed by atoms with Crippen molar-refractivity contribution in [1.29, 1.82) is 0 Å². The van der Waals surface area contributed by atoms with Crippen LogP contribution in [0.2, 0.25) is 5.02 Å². The molecule has 3 aromatic rings. The Labute approximate surface area is 175 Å². The van der Waals surface area contributed by atoms with Crippen molar-refractivity contribution in [2.24, 2.45) is 5.84 Å². The molecule has 1 amide bonds. The van der Waals surface area contributed by atoms with Gasteiger partial charge < -0.3 is 11.2 Å². The fourth-order valence-corrected chi connectivity index (χ4v) is 3.97. The number of para-hydroxylation sites is 1. The van der Waals surface area contributed by atoms with E-state index in [1.807, 2.05) is 48.5 Å². The van der Waals surface area contributed by atoms with Crippen LogP contribution in [0.3, 0.4) is 0 Å². The first-order valence-electron chi connectivity index (χ1n) is 8.13. The van der Waals surface area contributed by atoms with Crippen LogP contribution in [0.15, 0.2) is 58.6 Å². The maximum absolute atomic E-state index is 12.3. The Morgan fingerprint density at radius 3 is 2.57 bits per heavy atom. The Balaban J connectivity index is 1.58. The molecule has 28 heavy (non-hydrogen) atoms. The van der Waals surface area contributed by atoms with E-state index in [-0.39, 0.29) is 17.6 Å². The highest BCUT2D eigenvalue weighted by atomic mass is 35.5. The van der Waals surface area contributed by atoms with Gasteiger partial charge in [-0.2, -0.15) is 0 Å². The quantitative estimate of drug-likeness (QED) is 0.242. The summed E-state index contributed by atoms with van der Waals surface area (Å²) >= 11 is 8.72. The average Bonchev–Trinajstić information content (AvgIpc) is 3.06. The number of nitrogens with one attached hydrogen (secondary N) is 2. The lowest BCUT2D eigenvalue weighted by atomic mass is 10.2. The maximum atomic E-state index is 12.3. The largest absolute Gasteiger partial charge is 0.334 e. The number of nitrogen functional groups attached to an aromatic ring is 2. The van der Waals surface area contributed by atoms with Crippen molar-refractivity contribution >= 4 is 52.7 Å². The molecule has 0 aliphatic carbocycles. The Morgan fingerprint density at radius 2 is 1.86 bits per heavy atom. The van der Waals surface area contributed by atoms with Gasteiger partial charge in [0.2, 0.25) is 11.1 Å². The van der Waals surface area contributed by atoms with Gasteiger partial charge in [0.1, 0.15) is 0 Å². The molecule has 0 saturated carbocycles. The smallest absolute Gasteiger partial charge is 0.258 e. The van der Waals surface area contributed by atoms with Gasteiger partial charge in [-0.05, 0) is 29.8 Å². The summed E-state index contributed by atoms with van der Waals surface area (Å²) < 4.78 is 1.19. The topological polar surface area (TPSA) is 124 Å². The standard InChI is InChI=1S/C17H18ClN7OS2/c18-12-7-5-11(6-8-12)9-27-14-4-2-1-3-13(14)21-15(26)10-28-17-24-23-16(22-19)25(17)20/h1-8H,9-10,19-20H2,(H,21,26)(H,22,23). The first kappa shape index (κ1) is 20.3. The monoisotopic (exact) mass is 435 g/mol. The highest BCUT2D eigenvalue weighted by molar-refractivity contribution is 7.99. The Morgan fingerprint density at radius 1 is 1.11 bits per heavy atom. The number of thioether (sulfide) groups is 2. The number of halogens is 1. The number of nitrogens with two attached hydrogens (primary N) is 2. The molecule has 6 N–H and O–H groups in total. The minimum absolute atomic E-state index is 0.135. The van der Waals surface area contributed by atoms with Crippen molar-refractivity contribution in [2.45, 2.75) is 15.8 Å². The molecule has 0 spiro atoms. The summed E-state index contributed by atoms with van der Waals surface area (Å²) in [6.07, 6.45) is 0. The van der Waals surface area contributed by atoms with E-state index in [2.05, 4.69) is 20.9 Å². The van der Waals surface area contributed by atoms with Crippen LogP contribution < -0.4 is 22.4 Å². The van der Waals surface area contributed by atoms with Gasteiger partial charge in [-0.25, -0.2) is 10.5 Å². The molecule has 0 unspecified atom stereocenters. The van der Waals surface area contributed by atoms with Crippen molar-refractivity contribution in [1.82, 2.24) is 14.9 Å². The molecule has 11 heteroatoms. The second-order valence-electron chi connectivity index (χ2n) is 5.57. The first-order chi connectivity index (χ1) is 13.6. The molecule has 1 heterocycles. The Bertz CT molecular complexity index is 949. The predicted octanol–water partition coefficient (Wildman–Crippen LogP) is 2.95. The molecule has 146 valence electrons. The Hall–Kier alpha value is -2.40. The molecule has 8 nitrogen and oxygen atoms in total. The van der Waals surface area contributed by atoms with Crippen LogP contribution in [0.25, 0.3) is 0 Å². The number of carbonyl (C=O) groups is 1. The summed E-state index contributed by atoms with van der Waals surface area (Å²) in [7, 11) is 0. The summed E-state index contributed by atoms with van der Waals surface area (Å²) in [6, 6.07) is 15.4. The summed E-state index contributed by atoms with van der Waals surface area (Å²) in [6.45, 7) is 0. The van der Waals surface area contributed by atoms with E-state index in [1.165, 1.54) is 16.4 Å². The van der Waals surface area contributed by atoms with Crippen LogP contribution in [-0.4, -0.2) is 26.5 Å². The molecule has 0 radical (unpaired) electrons. The van der Waals surface area contributed by atoms with Gasteiger partial charge in [-0.1, -0.05) is 47.6 Å². The van der Waals surface area contributed by atoms with Crippen molar-refractivity contribution in [3.63, 3.8) is 0 Å². The van der Waals surface area contributed by atoms with Crippen molar-refractivity contribution < 1.29 is 4.79 Å². The number of hydrogen-bond donors (Lipinski definition) is 4. The summed E-state index contributed by atoms with van der Waals surface area (Å²) in [4.78, 5) is 13.3. The zero-order chi connectivity index (χ0) is 19.9. The van der Waals surface area contributed by atoms with Gasteiger partial charge in [0.15, 0.2) is 0 Å². The van der Waals surface area contributed by atoms with E-state index in [0.717, 1.165) is 21.9 Å². The van der Waals surface area contributed by atoms with E-state index in [9.17, 15) is 4.79 Å². The highest BCUT2D eigenvalue weighted by Crippen LogP contribution is 2.30. The number of carbonyl (C=O) groups excluding carboxylic acids is 1. The van der Waals surface area contributed by atoms with Gasteiger partial charge in [-0.15, -0.1) is 22.0 Å². The number of hydrogen-bond acceptors (Lipinski definition) is 8. The number of amides is 1. The van der Waals surface area contributed by atoms with E-state index in [1.54, 1.807) is 11.8 Å². The SMILES string of the molecule is NNc1nnc(SCC(=O)Nc2ccccc2SCc2ccc(Cl)cc2)n1N. The molecule has 0 saturated heterocycles. The lowest BCUT2D eigenvalue weighted by Gasteiger charge is -2.11. The minimum Gasteiger partial charge on any atom is -0.334 e. The zero-order valence-electron chi connectivity index (χ0n) is 14.6. The number of anilines is 2. The summed E-state index contributed by atoms with van der Waals surface area (Å²) in [5.41, 5.74) is 4.23. The third-order valence-corrected chi connectivity index (χ3v) is 5.93. The second kappa shape index (κ2) is 9.69. The zero-order valence-corrected chi connectivity index (χ0v) is 17.0. The van der Waals surface area contributed by atoms with Gasteiger partial charge in [0.05, 0.1) is 11.4 Å². The molecule has 0 atom stereocenters. The minimum atomic E-state index is -0.171. The molecular weight excluding hydrogens is 418 g/mol. The number of hydrazine groups is 1. The first-order valence-corrected chi connectivity index (χ1v) is 10.5. The average molecular weight is 436 g/mol. The van der Waals surface area contributed by atoms with E-state index < -0.39 is 0 Å². The van der Waals surface area contributed by atoms with E-state index in [0.29, 0.717) is 10.2 Å². The summed E-state index contributed by atoms with van der Waals surface area (Å²) in [5, 5.41) is 11.6. The molecule has 3 rings (SSSR count). The van der Waals surface area contributed by atoms with Crippen LogP contribution in [0.5, 0.6) is 0 Å².